The van der Waals surface area contributed by atoms with Gasteiger partial charge in [-0.2, -0.15) is 8.78 Å². The van der Waals surface area contributed by atoms with E-state index in [4.69, 9.17) is 5.11 Å². The van der Waals surface area contributed by atoms with Crippen LogP contribution in [0.4, 0.5) is 8.78 Å². The second-order valence-corrected chi connectivity index (χ2v) is 2.68. The van der Waals surface area contributed by atoms with Crippen LogP contribution in [0.25, 0.3) is 0 Å². The predicted molar refractivity (Wildman–Crippen MR) is 46.0 cm³/mol. The molecule has 1 aromatic carbocycles. The fraction of sp³-hybridized carbons (Fsp3) is 0.222. The molecule has 1 rings (SSSR count). The molecule has 5 heteroatoms. The van der Waals surface area contributed by atoms with E-state index in [9.17, 15) is 13.6 Å². The molecule has 0 bridgehead atoms. The van der Waals surface area contributed by atoms with Crippen LogP contribution >= 0.6 is 0 Å². The minimum absolute atomic E-state index is 0.0312. The number of hydrogen-bond donors (Lipinski definition) is 2. The van der Waals surface area contributed by atoms with Crippen molar-refractivity contribution in [2.24, 2.45) is 0 Å². The number of aromatic hydroxyl groups is 1. The monoisotopic (exact) mass is 201 g/mol. The van der Waals surface area contributed by atoms with Crippen LogP contribution in [0, 0.1) is 0 Å². The van der Waals surface area contributed by atoms with Crippen LogP contribution < -0.4 is 5.32 Å². The summed E-state index contributed by atoms with van der Waals surface area (Å²) < 4.78 is 23.5. The molecule has 0 saturated carbocycles. The Morgan fingerprint density at radius 2 is 1.93 bits per heavy atom. The summed E-state index contributed by atoms with van der Waals surface area (Å²) in [5.41, 5.74) is 0.650. The van der Waals surface area contributed by atoms with Gasteiger partial charge in [-0.1, -0.05) is 12.1 Å². The van der Waals surface area contributed by atoms with Gasteiger partial charge in [0.2, 0.25) is 0 Å². The minimum Gasteiger partial charge on any atom is -0.508 e. The minimum atomic E-state index is -2.99. The summed E-state index contributed by atoms with van der Waals surface area (Å²) in [6, 6.07) is 5.93. The molecule has 0 aliphatic rings. The Morgan fingerprint density at radius 1 is 1.36 bits per heavy atom. The molecule has 0 atom stereocenters. The molecule has 0 aliphatic heterocycles. The fourth-order valence-electron chi connectivity index (χ4n) is 0.880. The Balaban J connectivity index is 2.46. The molecule has 0 saturated heterocycles. The molecular formula is C9H9F2NO2. The van der Waals surface area contributed by atoms with E-state index in [1.807, 2.05) is 5.32 Å². The van der Waals surface area contributed by atoms with Crippen LogP contribution in [0.15, 0.2) is 24.3 Å². The molecule has 0 aliphatic carbocycles. The molecule has 0 heterocycles. The van der Waals surface area contributed by atoms with Crippen molar-refractivity contribution < 1.29 is 18.7 Å². The van der Waals surface area contributed by atoms with Crippen molar-refractivity contribution in [2.75, 3.05) is 0 Å². The van der Waals surface area contributed by atoms with Crippen molar-refractivity contribution in [1.29, 1.82) is 0 Å². The van der Waals surface area contributed by atoms with E-state index in [-0.39, 0.29) is 12.3 Å². The number of carbonyl (C=O) groups is 1. The second-order valence-electron chi connectivity index (χ2n) is 2.68. The van der Waals surface area contributed by atoms with Crippen LogP contribution in [0.1, 0.15) is 5.56 Å². The lowest BCUT2D eigenvalue weighted by atomic mass is 10.2. The first-order valence-electron chi connectivity index (χ1n) is 3.93. The number of phenols is 1. The van der Waals surface area contributed by atoms with Gasteiger partial charge >= 0.3 is 6.43 Å². The third-order valence-electron chi connectivity index (χ3n) is 1.60. The molecule has 0 unspecified atom stereocenters. The molecule has 14 heavy (non-hydrogen) atoms. The highest BCUT2D eigenvalue weighted by Crippen LogP contribution is 2.09. The first-order chi connectivity index (χ1) is 6.59. The molecule has 76 valence electrons. The van der Waals surface area contributed by atoms with Crippen molar-refractivity contribution >= 4 is 5.91 Å². The molecule has 0 aromatic heterocycles. The lowest BCUT2D eigenvalue weighted by Gasteiger charge is -2.04. The molecule has 0 spiro atoms. The molecule has 3 nitrogen and oxygen atoms in total. The van der Waals surface area contributed by atoms with Gasteiger partial charge in [-0.05, 0) is 17.7 Å². The Kier molecular flexibility index (Phi) is 3.39. The summed E-state index contributed by atoms with van der Waals surface area (Å²) in [5.74, 6) is -1.20. The molecule has 0 radical (unpaired) electrons. The summed E-state index contributed by atoms with van der Waals surface area (Å²) in [6.45, 7) is 0.0312. The van der Waals surface area contributed by atoms with Crippen molar-refractivity contribution in [1.82, 2.24) is 5.32 Å². The zero-order valence-electron chi connectivity index (χ0n) is 7.21. The van der Waals surface area contributed by atoms with Crippen molar-refractivity contribution in [3.63, 3.8) is 0 Å². The van der Waals surface area contributed by atoms with Gasteiger partial charge in [-0.15, -0.1) is 0 Å². The van der Waals surface area contributed by atoms with E-state index < -0.39 is 12.3 Å². The first-order valence-corrected chi connectivity index (χ1v) is 3.93. The van der Waals surface area contributed by atoms with E-state index >= 15 is 0 Å². The van der Waals surface area contributed by atoms with Gasteiger partial charge in [0, 0.05) is 6.54 Å². The number of halogens is 2. The average Bonchev–Trinajstić information content (AvgIpc) is 2.16. The summed E-state index contributed by atoms with van der Waals surface area (Å²) in [7, 11) is 0. The first kappa shape index (κ1) is 10.4. The topological polar surface area (TPSA) is 49.3 Å². The Bertz CT molecular complexity index is 311. The van der Waals surface area contributed by atoms with Gasteiger partial charge in [0.15, 0.2) is 0 Å². The zero-order valence-corrected chi connectivity index (χ0v) is 7.21. The van der Waals surface area contributed by atoms with Crippen LogP contribution in [0.3, 0.4) is 0 Å². The van der Waals surface area contributed by atoms with E-state index in [0.29, 0.717) is 5.56 Å². The Hall–Kier alpha value is -1.65. The Morgan fingerprint density at radius 3 is 2.43 bits per heavy atom. The maximum absolute atomic E-state index is 11.7. The van der Waals surface area contributed by atoms with E-state index in [1.165, 1.54) is 12.1 Å². The van der Waals surface area contributed by atoms with Gasteiger partial charge < -0.3 is 10.4 Å². The number of nitrogens with one attached hydrogen (secondary N) is 1. The van der Waals surface area contributed by atoms with Crippen LogP contribution in [-0.2, 0) is 11.3 Å². The second kappa shape index (κ2) is 4.55. The largest absolute Gasteiger partial charge is 0.508 e. The molecular weight excluding hydrogens is 192 g/mol. The number of phenolic OH excluding ortho intramolecular Hbond substituents is 1. The van der Waals surface area contributed by atoms with Crippen LogP contribution in [-0.4, -0.2) is 17.4 Å². The number of rotatable bonds is 3. The van der Waals surface area contributed by atoms with Crippen molar-refractivity contribution in [2.45, 2.75) is 13.0 Å². The fourth-order valence-corrected chi connectivity index (χ4v) is 0.880. The van der Waals surface area contributed by atoms with E-state index in [1.54, 1.807) is 12.1 Å². The molecule has 2 N–H and O–H groups in total. The van der Waals surface area contributed by atoms with E-state index in [0.717, 1.165) is 0 Å². The zero-order chi connectivity index (χ0) is 10.6. The lowest BCUT2D eigenvalue weighted by Crippen LogP contribution is -2.28. The highest BCUT2D eigenvalue weighted by Gasteiger charge is 2.13. The predicted octanol–water partition coefficient (Wildman–Crippen LogP) is 1.27. The van der Waals surface area contributed by atoms with Crippen LogP contribution in [0.2, 0.25) is 0 Å². The number of alkyl halides is 2. The van der Waals surface area contributed by atoms with Gasteiger partial charge in [0.1, 0.15) is 5.75 Å². The van der Waals surface area contributed by atoms with Crippen molar-refractivity contribution in [3.8, 4) is 5.75 Å². The number of hydrogen-bond acceptors (Lipinski definition) is 2. The van der Waals surface area contributed by atoms with E-state index in [2.05, 4.69) is 0 Å². The third kappa shape index (κ3) is 3.01. The molecule has 1 aromatic rings. The smallest absolute Gasteiger partial charge is 0.315 e. The standard InChI is InChI=1S/C9H9F2NO2/c10-8(11)9(14)12-5-6-1-3-7(13)4-2-6/h1-4,8,13H,5H2,(H,12,14). The highest BCUT2D eigenvalue weighted by atomic mass is 19.3. The summed E-state index contributed by atoms with van der Waals surface area (Å²) >= 11 is 0. The maximum Gasteiger partial charge on any atom is 0.315 e. The number of benzene rings is 1. The van der Waals surface area contributed by atoms with Crippen molar-refractivity contribution in [3.05, 3.63) is 29.8 Å². The quantitative estimate of drug-likeness (QED) is 0.773. The molecule has 0 fully saturated rings. The third-order valence-corrected chi connectivity index (χ3v) is 1.60. The summed E-state index contributed by atoms with van der Waals surface area (Å²) in [4.78, 5) is 10.5. The summed E-state index contributed by atoms with van der Waals surface area (Å²) in [6.07, 6.45) is -2.99. The maximum atomic E-state index is 11.7. The average molecular weight is 201 g/mol. The van der Waals surface area contributed by atoms with Gasteiger partial charge in [0.25, 0.3) is 5.91 Å². The highest BCUT2D eigenvalue weighted by molar-refractivity contribution is 5.78. The summed E-state index contributed by atoms with van der Waals surface area (Å²) in [5, 5.41) is 11.0. The lowest BCUT2D eigenvalue weighted by molar-refractivity contribution is -0.131. The molecule has 1 amide bonds. The normalized spacial score (nSPS) is 10.2. The SMILES string of the molecule is O=C(NCc1ccc(O)cc1)C(F)F. The van der Waals surface area contributed by atoms with Gasteiger partial charge in [-0.3, -0.25) is 4.79 Å². The van der Waals surface area contributed by atoms with Gasteiger partial charge in [-0.25, -0.2) is 0 Å². The Labute approximate surface area is 79.4 Å². The number of amides is 1. The number of carbonyl (C=O) groups excluding carboxylic acids is 1. The van der Waals surface area contributed by atoms with Gasteiger partial charge in [0.05, 0.1) is 0 Å². The van der Waals surface area contributed by atoms with Crippen LogP contribution in [0.5, 0.6) is 5.75 Å².